The van der Waals surface area contributed by atoms with Crippen molar-refractivity contribution in [3.8, 4) is 5.69 Å². The molecule has 0 aliphatic carbocycles. The summed E-state index contributed by atoms with van der Waals surface area (Å²) in [5.74, 6) is 0.385. The van der Waals surface area contributed by atoms with Gasteiger partial charge in [0.1, 0.15) is 5.69 Å². The standard InChI is InChI=1S/C20H21ClN4OS/c1-3-24(19(26)14-27-15(2)16-8-5-4-6-9-16)18-13-25(23-20(18)21)17-10-7-11-22-12-17/h4-13,15H,3,14H2,1-2H3. The van der Waals surface area contributed by atoms with E-state index in [1.807, 2.05) is 37.3 Å². The second-order valence-electron chi connectivity index (χ2n) is 5.96. The molecular weight excluding hydrogens is 380 g/mol. The normalized spacial score (nSPS) is 12.0. The number of hydrogen-bond donors (Lipinski definition) is 0. The van der Waals surface area contributed by atoms with Gasteiger partial charge in [0.15, 0.2) is 5.15 Å². The zero-order chi connectivity index (χ0) is 19.2. The fraction of sp³-hybridized carbons (Fsp3) is 0.250. The van der Waals surface area contributed by atoms with Gasteiger partial charge in [0.2, 0.25) is 5.91 Å². The highest BCUT2D eigenvalue weighted by Gasteiger charge is 2.21. The number of pyridine rings is 1. The van der Waals surface area contributed by atoms with Crippen molar-refractivity contribution in [1.29, 1.82) is 0 Å². The average Bonchev–Trinajstić information content (AvgIpc) is 3.09. The molecule has 2 heterocycles. The third-order valence-electron chi connectivity index (χ3n) is 4.20. The molecule has 140 valence electrons. The molecule has 1 unspecified atom stereocenters. The van der Waals surface area contributed by atoms with Crippen LogP contribution in [0.3, 0.4) is 0 Å². The first-order valence-corrected chi connectivity index (χ1v) is 10.1. The summed E-state index contributed by atoms with van der Waals surface area (Å²) >= 11 is 7.93. The number of carbonyl (C=O) groups excluding carboxylic acids is 1. The molecule has 0 N–H and O–H groups in total. The lowest BCUT2D eigenvalue weighted by Gasteiger charge is -2.20. The van der Waals surface area contributed by atoms with Gasteiger partial charge in [-0.25, -0.2) is 4.68 Å². The van der Waals surface area contributed by atoms with E-state index in [9.17, 15) is 4.79 Å². The van der Waals surface area contributed by atoms with Crippen LogP contribution in [-0.4, -0.2) is 33.0 Å². The van der Waals surface area contributed by atoms with Crippen molar-refractivity contribution >= 4 is 35.0 Å². The Hall–Kier alpha value is -2.31. The Morgan fingerprint density at radius 2 is 2.04 bits per heavy atom. The zero-order valence-electron chi connectivity index (χ0n) is 15.2. The van der Waals surface area contributed by atoms with Gasteiger partial charge >= 0.3 is 0 Å². The molecule has 2 aromatic heterocycles. The van der Waals surface area contributed by atoms with E-state index >= 15 is 0 Å². The summed E-state index contributed by atoms with van der Waals surface area (Å²) in [6.07, 6.45) is 5.16. The van der Waals surface area contributed by atoms with Crippen LogP contribution in [0.25, 0.3) is 5.69 Å². The summed E-state index contributed by atoms with van der Waals surface area (Å²) in [5.41, 5.74) is 2.61. The Morgan fingerprint density at radius 3 is 2.70 bits per heavy atom. The molecule has 0 bridgehead atoms. The van der Waals surface area contributed by atoms with Crippen molar-refractivity contribution in [1.82, 2.24) is 14.8 Å². The first kappa shape index (κ1) is 19.5. The van der Waals surface area contributed by atoms with E-state index in [4.69, 9.17) is 11.6 Å². The van der Waals surface area contributed by atoms with Gasteiger partial charge in [0, 0.05) is 18.0 Å². The lowest BCUT2D eigenvalue weighted by molar-refractivity contribution is -0.116. The van der Waals surface area contributed by atoms with Gasteiger partial charge in [0.05, 0.1) is 23.8 Å². The van der Waals surface area contributed by atoms with Crippen molar-refractivity contribution in [3.05, 3.63) is 71.8 Å². The summed E-state index contributed by atoms with van der Waals surface area (Å²) in [6.45, 7) is 4.56. The number of anilines is 1. The molecule has 3 rings (SSSR count). The minimum Gasteiger partial charge on any atom is -0.308 e. The van der Waals surface area contributed by atoms with E-state index in [1.165, 1.54) is 5.56 Å². The smallest absolute Gasteiger partial charge is 0.237 e. The van der Waals surface area contributed by atoms with Gasteiger partial charge in [-0.3, -0.25) is 9.78 Å². The molecule has 0 fully saturated rings. The van der Waals surface area contributed by atoms with Crippen LogP contribution in [0.15, 0.2) is 61.1 Å². The lowest BCUT2D eigenvalue weighted by Crippen LogP contribution is -2.32. The van der Waals surface area contributed by atoms with Crippen molar-refractivity contribution in [2.75, 3.05) is 17.2 Å². The Bertz CT molecular complexity index is 886. The summed E-state index contributed by atoms with van der Waals surface area (Å²) in [6, 6.07) is 13.9. The van der Waals surface area contributed by atoms with Gasteiger partial charge in [0.25, 0.3) is 0 Å². The monoisotopic (exact) mass is 400 g/mol. The molecular formula is C20H21ClN4OS. The summed E-state index contributed by atoms with van der Waals surface area (Å²) in [5, 5.41) is 4.86. The van der Waals surface area contributed by atoms with Crippen LogP contribution in [-0.2, 0) is 4.79 Å². The molecule has 0 spiro atoms. The van der Waals surface area contributed by atoms with Crippen LogP contribution in [0.2, 0.25) is 5.15 Å². The fourth-order valence-electron chi connectivity index (χ4n) is 2.72. The molecule has 1 amide bonds. The lowest BCUT2D eigenvalue weighted by atomic mass is 10.2. The van der Waals surface area contributed by atoms with E-state index in [0.717, 1.165) is 5.69 Å². The summed E-state index contributed by atoms with van der Waals surface area (Å²) in [4.78, 5) is 18.6. The van der Waals surface area contributed by atoms with E-state index in [1.54, 1.807) is 39.9 Å². The summed E-state index contributed by atoms with van der Waals surface area (Å²) in [7, 11) is 0. The molecule has 1 aromatic carbocycles. The molecule has 7 heteroatoms. The van der Waals surface area contributed by atoms with Gasteiger partial charge < -0.3 is 4.90 Å². The number of benzene rings is 1. The quantitative estimate of drug-likeness (QED) is 0.573. The van der Waals surface area contributed by atoms with Crippen LogP contribution in [0.4, 0.5) is 5.69 Å². The maximum Gasteiger partial charge on any atom is 0.237 e. The van der Waals surface area contributed by atoms with Crippen molar-refractivity contribution < 1.29 is 4.79 Å². The minimum absolute atomic E-state index is 0.0120. The van der Waals surface area contributed by atoms with Crippen molar-refractivity contribution in [2.45, 2.75) is 19.1 Å². The highest BCUT2D eigenvalue weighted by molar-refractivity contribution is 8.00. The van der Waals surface area contributed by atoms with E-state index in [2.05, 4.69) is 29.1 Å². The summed E-state index contributed by atoms with van der Waals surface area (Å²) < 4.78 is 1.64. The maximum atomic E-state index is 12.8. The highest BCUT2D eigenvalue weighted by Crippen LogP contribution is 2.30. The van der Waals surface area contributed by atoms with Crippen LogP contribution in [0.5, 0.6) is 0 Å². The largest absolute Gasteiger partial charge is 0.308 e. The molecule has 0 radical (unpaired) electrons. The number of hydrogen-bond acceptors (Lipinski definition) is 4. The Labute approximate surface area is 168 Å². The second-order valence-corrected chi connectivity index (χ2v) is 7.65. The number of halogens is 1. The van der Waals surface area contributed by atoms with Crippen LogP contribution < -0.4 is 4.90 Å². The van der Waals surface area contributed by atoms with E-state index < -0.39 is 0 Å². The first-order chi connectivity index (χ1) is 13.1. The fourth-order valence-corrected chi connectivity index (χ4v) is 3.85. The molecule has 27 heavy (non-hydrogen) atoms. The average molecular weight is 401 g/mol. The number of rotatable bonds is 7. The van der Waals surface area contributed by atoms with Gasteiger partial charge in [-0.15, -0.1) is 11.8 Å². The Morgan fingerprint density at radius 1 is 1.26 bits per heavy atom. The van der Waals surface area contributed by atoms with Gasteiger partial charge in [-0.2, -0.15) is 5.10 Å². The molecule has 0 aliphatic heterocycles. The molecule has 0 saturated carbocycles. The second kappa shape index (κ2) is 9.06. The van der Waals surface area contributed by atoms with Crippen LogP contribution >= 0.6 is 23.4 Å². The van der Waals surface area contributed by atoms with Crippen molar-refractivity contribution in [2.24, 2.45) is 0 Å². The molecule has 0 aliphatic rings. The molecule has 3 aromatic rings. The topological polar surface area (TPSA) is 51.0 Å². The molecule has 0 saturated heterocycles. The first-order valence-electron chi connectivity index (χ1n) is 8.72. The van der Waals surface area contributed by atoms with Crippen molar-refractivity contribution in [3.63, 3.8) is 0 Å². The number of carbonyl (C=O) groups is 1. The number of nitrogens with zero attached hydrogens (tertiary/aromatic N) is 4. The SMILES string of the molecule is CCN(C(=O)CSC(C)c1ccccc1)c1cn(-c2cccnc2)nc1Cl. The molecule has 1 atom stereocenters. The van der Waals surface area contributed by atoms with Gasteiger partial charge in [-0.1, -0.05) is 41.9 Å². The molecule has 5 nitrogen and oxygen atoms in total. The predicted molar refractivity (Wildman–Crippen MR) is 112 cm³/mol. The van der Waals surface area contributed by atoms with Crippen LogP contribution in [0.1, 0.15) is 24.7 Å². The maximum absolute atomic E-state index is 12.8. The third kappa shape index (κ3) is 4.70. The number of thioether (sulfide) groups is 1. The number of aromatic nitrogens is 3. The number of amides is 1. The van der Waals surface area contributed by atoms with Crippen LogP contribution in [0, 0.1) is 0 Å². The Balaban J connectivity index is 1.71. The van der Waals surface area contributed by atoms with Gasteiger partial charge in [-0.05, 0) is 31.5 Å². The van der Waals surface area contributed by atoms with E-state index in [-0.39, 0.29) is 11.2 Å². The Kier molecular flexibility index (Phi) is 6.53. The zero-order valence-corrected chi connectivity index (χ0v) is 16.8. The predicted octanol–water partition coefficient (Wildman–Crippen LogP) is 4.77. The third-order valence-corrected chi connectivity index (χ3v) is 5.65. The minimum atomic E-state index is 0.0120. The van der Waals surface area contributed by atoms with E-state index in [0.29, 0.717) is 23.1 Å². The highest BCUT2D eigenvalue weighted by atomic mass is 35.5.